The van der Waals surface area contributed by atoms with Gasteiger partial charge < -0.3 is 0 Å². The fraction of sp³-hybridized carbons (Fsp3) is 0. The second kappa shape index (κ2) is 4.03. The van der Waals surface area contributed by atoms with E-state index >= 15 is 0 Å². The van der Waals surface area contributed by atoms with E-state index in [1.54, 1.807) is 31.1 Å². The SMILES string of the molecule is c1cnc(-c2ncc(-c3ncns3)s2)cn1. The van der Waals surface area contributed by atoms with Gasteiger partial charge in [0.1, 0.15) is 17.0 Å². The van der Waals surface area contributed by atoms with Gasteiger partial charge in [-0.2, -0.15) is 4.37 Å². The normalized spacial score (nSPS) is 10.5. The first kappa shape index (κ1) is 9.49. The summed E-state index contributed by atoms with van der Waals surface area (Å²) in [5, 5.41) is 1.73. The van der Waals surface area contributed by atoms with Crippen LogP contribution in [0.1, 0.15) is 0 Å². The minimum Gasteiger partial charge on any atom is -0.261 e. The fourth-order valence-electron chi connectivity index (χ4n) is 1.18. The summed E-state index contributed by atoms with van der Waals surface area (Å²) in [6.07, 6.45) is 8.32. The maximum atomic E-state index is 4.30. The molecule has 3 aromatic heterocycles. The maximum absolute atomic E-state index is 4.30. The van der Waals surface area contributed by atoms with Crippen LogP contribution in [0.15, 0.2) is 31.1 Å². The average molecular weight is 247 g/mol. The first-order chi connectivity index (χ1) is 7.93. The van der Waals surface area contributed by atoms with Crippen molar-refractivity contribution < 1.29 is 0 Å². The third-order valence-corrected chi connectivity index (χ3v) is 3.71. The van der Waals surface area contributed by atoms with Crippen LogP contribution in [-0.2, 0) is 0 Å². The van der Waals surface area contributed by atoms with Crippen molar-refractivity contribution in [1.82, 2.24) is 24.3 Å². The molecule has 5 nitrogen and oxygen atoms in total. The van der Waals surface area contributed by atoms with Gasteiger partial charge in [0.15, 0.2) is 5.01 Å². The molecule has 0 amide bonds. The van der Waals surface area contributed by atoms with Crippen LogP contribution < -0.4 is 0 Å². The molecule has 7 heteroatoms. The molecule has 3 heterocycles. The molecule has 0 aromatic carbocycles. The van der Waals surface area contributed by atoms with E-state index in [9.17, 15) is 0 Å². The molecule has 0 aliphatic carbocycles. The van der Waals surface area contributed by atoms with E-state index in [4.69, 9.17) is 0 Å². The third kappa shape index (κ3) is 1.70. The van der Waals surface area contributed by atoms with E-state index in [0.717, 1.165) is 20.6 Å². The highest BCUT2D eigenvalue weighted by Gasteiger charge is 2.09. The van der Waals surface area contributed by atoms with Gasteiger partial charge in [-0.3, -0.25) is 9.97 Å². The van der Waals surface area contributed by atoms with Crippen molar-refractivity contribution in [3.63, 3.8) is 0 Å². The van der Waals surface area contributed by atoms with Crippen LogP contribution in [0.25, 0.3) is 20.6 Å². The second-order valence-electron chi connectivity index (χ2n) is 2.87. The van der Waals surface area contributed by atoms with Crippen molar-refractivity contribution >= 4 is 22.9 Å². The lowest BCUT2D eigenvalue weighted by atomic mass is 10.5. The minimum atomic E-state index is 0.781. The Kier molecular flexibility index (Phi) is 2.39. The van der Waals surface area contributed by atoms with E-state index in [2.05, 4.69) is 24.3 Å². The van der Waals surface area contributed by atoms with Gasteiger partial charge in [-0.15, -0.1) is 11.3 Å². The van der Waals surface area contributed by atoms with E-state index < -0.39 is 0 Å². The molecule has 0 radical (unpaired) electrons. The summed E-state index contributed by atoms with van der Waals surface area (Å²) in [5.74, 6) is 0. The van der Waals surface area contributed by atoms with Crippen LogP contribution in [0, 0.1) is 0 Å². The molecular formula is C9H5N5S2. The topological polar surface area (TPSA) is 64.5 Å². The van der Waals surface area contributed by atoms with Gasteiger partial charge >= 0.3 is 0 Å². The van der Waals surface area contributed by atoms with E-state index in [0.29, 0.717) is 0 Å². The average Bonchev–Trinajstić information content (AvgIpc) is 3.01. The molecule has 3 rings (SSSR count). The molecular weight excluding hydrogens is 242 g/mol. The molecule has 0 unspecified atom stereocenters. The van der Waals surface area contributed by atoms with Gasteiger partial charge in [0, 0.05) is 18.6 Å². The van der Waals surface area contributed by atoms with Gasteiger partial charge in [-0.1, -0.05) is 0 Å². The Balaban J connectivity index is 2.00. The summed E-state index contributed by atoms with van der Waals surface area (Å²) in [5.41, 5.74) is 0.781. The highest BCUT2D eigenvalue weighted by atomic mass is 32.1. The zero-order valence-electron chi connectivity index (χ0n) is 7.94. The zero-order chi connectivity index (χ0) is 10.8. The Morgan fingerprint density at radius 3 is 2.69 bits per heavy atom. The number of hydrogen-bond donors (Lipinski definition) is 0. The Morgan fingerprint density at radius 2 is 1.94 bits per heavy atom. The van der Waals surface area contributed by atoms with Crippen molar-refractivity contribution in [2.75, 3.05) is 0 Å². The summed E-state index contributed by atoms with van der Waals surface area (Å²) in [6, 6.07) is 0. The van der Waals surface area contributed by atoms with Crippen molar-refractivity contribution in [1.29, 1.82) is 0 Å². The molecule has 16 heavy (non-hydrogen) atoms. The van der Waals surface area contributed by atoms with Crippen molar-refractivity contribution in [3.05, 3.63) is 31.1 Å². The zero-order valence-corrected chi connectivity index (χ0v) is 9.57. The lowest BCUT2D eigenvalue weighted by Crippen LogP contribution is -1.81. The molecule has 3 aromatic rings. The monoisotopic (exact) mass is 247 g/mol. The van der Waals surface area contributed by atoms with Crippen LogP contribution in [0.3, 0.4) is 0 Å². The van der Waals surface area contributed by atoms with E-state index in [1.807, 2.05) is 0 Å². The van der Waals surface area contributed by atoms with Crippen LogP contribution in [0.2, 0.25) is 0 Å². The van der Waals surface area contributed by atoms with Crippen molar-refractivity contribution in [2.45, 2.75) is 0 Å². The molecule has 0 fully saturated rings. The smallest absolute Gasteiger partial charge is 0.155 e. The van der Waals surface area contributed by atoms with E-state index in [-0.39, 0.29) is 0 Å². The van der Waals surface area contributed by atoms with Crippen LogP contribution >= 0.6 is 22.9 Å². The molecule has 0 spiro atoms. The number of thiazole rings is 1. The summed E-state index contributed by atoms with van der Waals surface area (Å²) in [4.78, 5) is 17.6. The first-order valence-corrected chi connectivity index (χ1v) is 6.02. The first-order valence-electron chi connectivity index (χ1n) is 4.43. The molecule has 0 N–H and O–H groups in total. The summed E-state index contributed by atoms with van der Waals surface area (Å²) in [6.45, 7) is 0. The second-order valence-corrected chi connectivity index (χ2v) is 4.68. The van der Waals surface area contributed by atoms with Crippen LogP contribution in [0.5, 0.6) is 0 Å². The van der Waals surface area contributed by atoms with Crippen LogP contribution in [0.4, 0.5) is 0 Å². The van der Waals surface area contributed by atoms with Gasteiger partial charge in [0.05, 0.1) is 11.1 Å². The number of rotatable bonds is 2. The highest BCUT2D eigenvalue weighted by Crippen LogP contribution is 2.30. The molecule has 0 aliphatic heterocycles. The molecule has 0 saturated heterocycles. The Hall–Kier alpha value is -1.73. The predicted molar refractivity (Wildman–Crippen MR) is 62.0 cm³/mol. The third-order valence-electron chi connectivity index (χ3n) is 1.86. The molecule has 0 atom stereocenters. The van der Waals surface area contributed by atoms with Crippen molar-refractivity contribution in [3.8, 4) is 20.6 Å². The van der Waals surface area contributed by atoms with Crippen molar-refractivity contribution in [2.24, 2.45) is 0 Å². The standard InChI is InChI=1S/C9H5N5S2/c1-2-11-6(3-10-1)8-12-4-7(15-8)9-13-5-14-16-9/h1-5H. The fourth-order valence-corrected chi connectivity index (χ4v) is 2.62. The number of aromatic nitrogens is 5. The molecule has 0 saturated carbocycles. The minimum absolute atomic E-state index is 0.781. The number of nitrogens with zero attached hydrogens (tertiary/aromatic N) is 5. The Labute approximate surface area is 99.1 Å². The molecule has 0 aliphatic rings. The van der Waals surface area contributed by atoms with E-state index in [1.165, 1.54) is 22.9 Å². The summed E-state index contributed by atoms with van der Waals surface area (Å²) < 4.78 is 3.96. The molecule has 78 valence electrons. The highest BCUT2D eigenvalue weighted by molar-refractivity contribution is 7.21. The quantitative estimate of drug-likeness (QED) is 0.694. The summed E-state index contributed by atoms with van der Waals surface area (Å²) >= 11 is 2.90. The predicted octanol–water partition coefficient (Wildman–Crippen LogP) is 2.12. The maximum Gasteiger partial charge on any atom is 0.155 e. The number of hydrogen-bond acceptors (Lipinski definition) is 7. The molecule has 0 bridgehead atoms. The Bertz CT molecular complexity index is 575. The van der Waals surface area contributed by atoms with Crippen LogP contribution in [-0.4, -0.2) is 24.3 Å². The summed E-state index contributed by atoms with van der Waals surface area (Å²) in [7, 11) is 0. The lowest BCUT2D eigenvalue weighted by Gasteiger charge is -1.90. The Morgan fingerprint density at radius 1 is 0.938 bits per heavy atom. The van der Waals surface area contributed by atoms with Gasteiger partial charge in [0.2, 0.25) is 0 Å². The van der Waals surface area contributed by atoms with Gasteiger partial charge in [0.25, 0.3) is 0 Å². The lowest BCUT2D eigenvalue weighted by molar-refractivity contribution is 1.19. The van der Waals surface area contributed by atoms with Gasteiger partial charge in [-0.05, 0) is 11.5 Å². The largest absolute Gasteiger partial charge is 0.261 e. The van der Waals surface area contributed by atoms with Gasteiger partial charge in [-0.25, -0.2) is 9.97 Å².